The van der Waals surface area contributed by atoms with Gasteiger partial charge in [0.15, 0.2) is 0 Å². The van der Waals surface area contributed by atoms with Crippen molar-refractivity contribution in [2.24, 2.45) is 17.6 Å². The summed E-state index contributed by atoms with van der Waals surface area (Å²) in [6.07, 6.45) is 8.17. The molecule has 1 aliphatic heterocycles. The van der Waals surface area contributed by atoms with E-state index in [4.69, 9.17) is 22.4 Å². The average molecular weight is 493 g/mol. The fraction of sp³-hybridized carbons (Fsp3) is 0.417. The van der Waals surface area contributed by atoms with Crippen molar-refractivity contribution in [2.75, 3.05) is 6.54 Å². The lowest BCUT2D eigenvalue weighted by Gasteiger charge is -2.30. The lowest BCUT2D eigenvalue weighted by atomic mass is 9.94. The number of fused-ring (bicyclic) bond motifs is 2. The number of amides is 1. The molecule has 5 rings (SSSR count). The Kier molecular flexibility index (Phi) is 7.10. The molecule has 2 heterocycles. The van der Waals surface area contributed by atoms with Crippen LogP contribution in [-0.2, 0) is 11.2 Å². The molecule has 2 aromatic rings. The molecule has 8 heteroatoms. The fourth-order valence-corrected chi connectivity index (χ4v) is 6.57. The number of benzene rings is 1. The number of nitrogens with two attached hydrogens (primary N) is 1. The van der Waals surface area contributed by atoms with Gasteiger partial charge in [-0.05, 0) is 86.4 Å². The number of aryl methyl sites for hydroxylation is 1. The molecule has 2 aliphatic carbocycles. The third-order valence-corrected chi connectivity index (χ3v) is 8.07. The molecule has 170 valence electrons. The normalized spacial score (nSPS) is 25.8. The van der Waals surface area contributed by atoms with Gasteiger partial charge in [0.05, 0.1) is 4.91 Å². The first-order chi connectivity index (χ1) is 15.0. The maximum absolute atomic E-state index is 13.3. The number of hydrogen-bond acceptors (Lipinski definition) is 5. The van der Waals surface area contributed by atoms with Crippen LogP contribution >= 0.6 is 36.4 Å². The van der Waals surface area contributed by atoms with E-state index in [1.807, 2.05) is 17.0 Å². The molecule has 1 aromatic heterocycles. The van der Waals surface area contributed by atoms with E-state index in [9.17, 15) is 9.18 Å². The zero-order chi connectivity index (χ0) is 21.5. The largest absolute Gasteiger partial charge is 0.456 e. The van der Waals surface area contributed by atoms with Gasteiger partial charge in [0.2, 0.25) is 0 Å². The predicted molar refractivity (Wildman–Crippen MR) is 133 cm³/mol. The molecule has 0 spiro atoms. The third-order valence-electron chi connectivity index (χ3n) is 6.74. The summed E-state index contributed by atoms with van der Waals surface area (Å²) in [5.74, 6) is 2.35. The maximum Gasteiger partial charge on any atom is 0.266 e. The number of halogens is 2. The van der Waals surface area contributed by atoms with E-state index < -0.39 is 0 Å². The molecular weight excluding hydrogens is 467 g/mol. The Morgan fingerprint density at radius 3 is 2.69 bits per heavy atom. The first-order valence-corrected chi connectivity index (χ1v) is 12.1. The van der Waals surface area contributed by atoms with Crippen molar-refractivity contribution < 1.29 is 13.6 Å². The van der Waals surface area contributed by atoms with Gasteiger partial charge in [0.1, 0.15) is 21.7 Å². The van der Waals surface area contributed by atoms with Gasteiger partial charge < -0.3 is 10.2 Å². The molecular formula is C24H26ClFN2O2S2. The lowest BCUT2D eigenvalue weighted by Crippen LogP contribution is -2.41. The number of hydrogen-bond donors (Lipinski definition) is 1. The average Bonchev–Trinajstić information content (AvgIpc) is 3.52. The Bertz CT molecular complexity index is 1050. The van der Waals surface area contributed by atoms with Crippen molar-refractivity contribution in [1.82, 2.24) is 4.90 Å². The van der Waals surface area contributed by atoms with Crippen LogP contribution in [0.2, 0.25) is 0 Å². The second-order valence-electron chi connectivity index (χ2n) is 8.69. The topological polar surface area (TPSA) is 59.5 Å². The predicted octanol–water partition coefficient (Wildman–Crippen LogP) is 5.79. The first-order valence-electron chi connectivity index (χ1n) is 10.9. The molecule has 3 atom stereocenters. The Labute approximate surface area is 203 Å². The highest BCUT2D eigenvalue weighted by Gasteiger charge is 2.48. The molecule has 1 amide bonds. The Balaban J connectivity index is 0.00000245. The molecule has 3 aliphatic rings. The highest BCUT2D eigenvalue weighted by molar-refractivity contribution is 8.26. The molecule has 2 N–H and O–H groups in total. The summed E-state index contributed by atoms with van der Waals surface area (Å²) >= 11 is 6.97. The number of thioether (sulfide) groups is 1. The van der Waals surface area contributed by atoms with Crippen molar-refractivity contribution in [3.05, 3.63) is 52.4 Å². The summed E-state index contributed by atoms with van der Waals surface area (Å²) in [5.41, 5.74) is 7.50. The minimum Gasteiger partial charge on any atom is -0.456 e. The van der Waals surface area contributed by atoms with Crippen molar-refractivity contribution in [3.63, 3.8) is 0 Å². The highest BCUT2D eigenvalue weighted by Crippen LogP contribution is 2.49. The first kappa shape index (κ1) is 23.5. The van der Waals surface area contributed by atoms with Crippen LogP contribution in [0.25, 0.3) is 17.4 Å². The molecule has 4 nitrogen and oxygen atoms in total. The highest BCUT2D eigenvalue weighted by atomic mass is 35.5. The molecule has 0 radical (unpaired) electrons. The minimum atomic E-state index is -0.289. The zero-order valence-corrected chi connectivity index (χ0v) is 20.0. The molecule has 3 unspecified atom stereocenters. The fourth-order valence-electron chi connectivity index (χ4n) is 5.22. The maximum atomic E-state index is 13.3. The van der Waals surface area contributed by atoms with Gasteiger partial charge in [-0.2, -0.15) is 0 Å². The minimum absolute atomic E-state index is 0. The smallest absolute Gasteiger partial charge is 0.266 e. The molecule has 1 saturated heterocycles. The van der Waals surface area contributed by atoms with E-state index >= 15 is 0 Å². The Morgan fingerprint density at radius 1 is 1.25 bits per heavy atom. The summed E-state index contributed by atoms with van der Waals surface area (Å²) < 4.78 is 20.1. The number of furan rings is 1. The van der Waals surface area contributed by atoms with Gasteiger partial charge in [-0.3, -0.25) is 9.69 Å². The Hall–Kier alpha value is -1.67. The zero-order valence-electron chi connectivity index (χ0n) is 17.6. The van der Waals surface area contributed by atoms with Crippen molar-refractivity contribution in [2.45, 2.75) is 44.6 Å². The Morgan fingerprint density at radius 2 is 2.03 bits per heavy atom. The van der Waals surface area contributed by atoms with Gasteiger partial charge in [-0.1, -0.05) is 30.4 Å². The van der Waals surface area contributed by atoms with Crippen LogP contribution in [0.3, 0.4) is 0 Å². The third kappa shape index (κ3) is 4.40. The van der Waals surface area contributed by atoms with Crippen molar-refractivity contribution in [1.29, 1.82) is 0 Å². The van der Waals surface area contributed by atoms with Gasteiger partial charge in [-0.15, -0.1) is 12.4 Å². The molecule has 2 saturated carbocycles. The molecule has 32 heavy (non-hydrogen) atoms. The summed E-state index contributed by atoms with van der Waals surface area (Å²) in [7, 11) is 0. The van der Waals surface area contributed by atoms with E-state index in [-0.39, 0.29) is 30.2 Å². The summed E-state index contributed by atoms with van der Waals surface area (Å²) in [6.45, 7) is 0.572. The van der Waals surface area contributed by atoms with E-state index in [2.05, 4.69) is 0 Å². The lowest BCUT2D eigenvalue weighted by molar-refractivity contribution is -0.124. The van der Waals surface area contributed by atoms with Gasteiger partial charge in [0, 0.05) is 17.7 Å². The van der Waals surface area contributed by atoms with Gasteiger partial charge in [0.25, 0.3) is 5.91 Å². The second kappa shape index (κ2) is 9.67. The molecule has 3 fully saturated rings. The van der Waals surface area contributed by atoms with Crippen LogP contribution < -0.4 is 5.73 Å². The van der Waals surface area contributed by atoms with Crippen LogP contribution in [0.4, 0.5) is 4.39 Å². The van der Waals surface area contributed by atoms with Crippen LogP contribution in [0, 0.1) is 17.7 Å². The SMILES string of the molecule is Cl.NCCCc1cc(-c2ccc(F)cc2)oc1/C=C1/SC(=S)N(C2CC3CCC2C3)C1=O. The standard InChI is InChI=1S/C24H25FN2O2S2.ClH/c25-18-7-5-15(6-8-18)20-12-17(2-1-9-26)21(29-20)13-22-23(28)27(24(30)31-22)19-11-14-3-4-16(19)10-14;/h5-8,12-14,16,19H,1-4,9-11,26H2;1H/b22-13+;. The number of carbonyl (C=O) groups excluding carboxylic acids is 1. The number of thiocarbonyl (C=S) groups is 1. The van der Waals surface area contributed by atoms with Crippen LogP contribution in [0.15, 0.2) is 39.7 Å². The number of nitrogens with zero attached hydrogens (tertiary/aromatic N) is 1. The van der Waals surface area contributed by atoms with Crippen LogP contribution in [0.1, 0.15) is 43.4 Å². The second-order valence-corrected chi connectivity index (χ2v) is 10.4. The summed E-state index contributed by atoms with van der Waals surface area (Å²) in [6, 6.07) is 8.43. The molecule has 1 aromatic carbocycles. The quantitative estimate of drug-likeness (QED) is 0.408. The van der Waals surface area contributed by atoms with Gasteiger partial charge in [-0.25, -0.2) is 4.39 Å². The molecule has 2 bridgehead atoms. The van der Waals surface area contributed by atoms with Crippen molar-refractivity contribution >= 4 is 52.7 Å². The number of rotatable bonds is 6. The van der Waals surface area contributed by atoms with E-state index in [0.717, 1.165) is 36.3 Å². The summed E-state index contributed by atoms with van der Waals surface area (Å²) in [4.78, 5) is 15.7. The van der Waals surface area contributed by atoms with Crippen LogP contribution in [-0.4, -0.2) is 27.7 Å². The van der Waals surface area contributed by atoms with Crippen molar-refractivity contribution in [3.8, 4) is 11.3 Å². The van der Waals surface area contributed by atoms with E-state index in [1.54, 1.807) is 12.1 Å². The van der Waals surface area contributed by atoms with E-state index in [0.29, 0.717) is 33.2 Å². The van der Waals surface area contributed by atoms with Gasteiger partial charge >= 0.3 is 0 Å². The summed E-state index contributed by atoms with van der Waals surface area (Å²) in [5, 5.41) is 0. The van der Waals surface area contributed by atoms with E-state index in [1.165, 1.54) is 43.2 Å². The van der Waals surface area contributed by atoms with Crippen LogP contribution in [0.5, 0.6) is 0 Å². The number of carbonyl (C=O) groups is 1. The monoisotopic (exact) mass is 492 g/mol.